The molecule has 0 saturated carbocycles. The summed E-state index contributed by atoms with van der Waals surface area (Å²) in [5, 5.41) is 6.16. The molecule has 7 heteroatoms. The highest BCUT2D eigenvalue weighted by Gasteiger charge is 2.20. The van der Waals surface area contributed by atoms with Crippen molar-refractivity contribution in [2.45, 2.75) is 19.8 Å². The van der Waals surface area contributed by atoms with Crippen LogP contribution in [0.15, 0.2) is 42.6 Å². The van der Waals surface area contributed by atoms with Crippen molar-refractivity contribution >= 4 is 36.4 Å². The number of ether oxygens (including phenoxy) is 1. The molecule has 1 aliphatic heterocycles. The Labute approximate surface area is 160 Å². The lowest BCUT2D eigenvalue weighted by molar-refractivity contribution is -0.120. The summed E-state index contributed by atoms with van der Waals surface area (Å²) in [6.07, 6.45) is 3.60. The van der Waals surface area contributed by atoms with Gasteiger partial charge in [-0.25, -0.2) is 4.98 Å². The molecular formula is C18H23Cl2N3O2. The van der Waals surface area contributed by atoms with E-state index in [1.165, 1.54) is 5.56 Å². The van der Waals surface area contributed by atoms with E-state index in [2.05, 4.69) is 15.6 Å². The van der Waals surface area contributed by atoms with Crippen LogP contribution >= 0.6 is 24.8 Å². The standard InChI is InChI=1S/C18H21N3O2.2ClH/c1-13-4-7-16(8-5-13)23-17-9-6-15(12-20-17)21-18(22)14-3-2-10-19-11-14;;/h4-9,12,14,19H,2-3,10-11H2,1H3,(H,21,22);2*1H. The van der Waals surface area contributed by atoms with Crippen molar-refractivity contribution in [2.75, 3.05) is 18.4 Å². The molecule has 25 heavy (non-hydrogen) atoms. The van der Waals surface area contributed by atoms with E-state index >= 15 is 0 Å². The van der Waals surface area contributed by atoms with Crippen LogP contribution in [0.3, 0.4) is 0 Å². The van der Waals surface area contributed by atoms with E-state index in [9.17, 15) is 4.79 Å². The molecule has 1 unspecified atom stereocenters. The van der Waals surface area contributed by atoms with Gasteiger partial charge >= 0.3 is 0 Å². The van der Waals surface area contributed by atoms with Crippen molar-refractivity contribution in [3.8, 4) is 11.6 Å². The third kappa shape index (κ3) is 6.20. The first-order valence-corrected chi connectivity index (χ1v) is 7.93. The number of hydrogen-bond acceptors (Lipinski definition) is 4. The summed E-state index contributed by atoms with van der Waals surface area (Å²) in [6.45, 7) is 3.77. The number of carbonyl (C=O) groups is 1. The Bertz CT molecular complexity index is 657. The van der Waals surface area contributed by atoms with Gasteiger partial charge in [-0.05, 0) is 44.5 Å². The van der Waals surface area contributed by atoms with Crippen LogP contribution in [-0.2, 0) is 4.79 Å². The zero-order valence-electron chi connectivity index (χ0n) is 14.0. The molecule has 0 aliphatic carbocycles. The van der Waals surface area contributed by atoms with Crippen LogP contribution in [-0.4, -0.2) is 24.0 Å². The van der Waals surface area contributed by atoms with Gasteiger partial charge in [-0.2, -0.15) is 0 Å². The summed E-state index contributed by atoms with van der Waals surface area (Å²) in [4.78, 5) is 16.4. The van der Waals surface area contributed by atoms with Crippen LogP contribution in [0.4, 0.5) is 5.69 Å². The number of pyridine rings is 1. The number of aromatic nitrogens is 1. The summed E-state index contributed by atoms with van der Waals surface area (Å²) in [5.41, 5.74) is 1.87. The molecule has 0 spiro atoms. The molecule has 1 aromatic carbocycles. The quantitative estimate of drug-likeness (QED) is 0.838. The predicted octanol–water partition coefficient (Wildman–Crippen LogP) is 3.96. The maximum atomic E-state index is 12.2. The van der Waals surface area contributed by atoms with Gasteiger partial charge < -0.3 is 15.4 Å². The molecule has 1 amide bonds. The van der Waals surface area contributed by atoms with Gasteiger partial charge in [0.2, 0.25) is 11.8 Å². The molecule has 136 valence electrons. The molecule has 5 nitrogen and oxygen atoms in total. The summed E-state index contributed by atoms with van der Waals surface area (Å²) in [5.74, 6) is 1.33. The number of anilines is 1. The lowest BCUT2D eigenvalue weighted by Crippen LogP contribution is -2.37. The lowest BCUT2D eigenvalue weighted by atomic mass is 9.99. The molecule has 1 atom stereocenters. The molecule has 3 rings (SSSR count). The number of carbonyl (C=O) groups excluding carboxylic acids is 1. The van der Waals surface area contributed by atoms with Gasteiger partial charge in [-0.15, -0.1) is 24.8 Å². The van der Waals surface area contributed by atoms with Gasteiger partial charge in [0.25, 0.3) is 0 Å². The molecule has 2 aromatic rings. The monoisotopic (exact) mass is 383 g/mol. The zero-order chi connectivity index (χ0) is 16.1. The minimum Gasteiger partial charge on any atom is -0.439 e. The first-order valence-electron chi connectivity index (χ1n) is 7.93. The van der Waals surface area contributed by atoms with E-state index in [1.54, 1.807) is 12.3 Å². The lowest BCUT2D eigenvalue weighted by Gasteiger charge is -2.21. The molecule has 2 heterocycles. The molecule has 1 aromatic heterocycles. The maximum Gasteiger partial charge on any atom is 0.228 e. The Morgan fingerprint density at radius 1 is 1.20 bits per heavy atom. The van der Waals surface area contributed by atoms with Crippen LogP contribution in [0.2, 0.25) is 0 Å². The van der Waals surface area contributed by atoms with Gasteiger partial charge in [-0.1, -0.05) is 17.7 Å². The van der Waals surface area contributed by atoms with Crippen LogP contribution in [0, 0.1) is 12.8 Å². The average molecular weight is 384 g/mol. The zero-order valence-corrected chi connectivity index (χ0v) is 15.7. The highest BCUT2D eigenvalue weighted by Crippen LogP contribution is 2.21. The molecule has 1 fully saturated rings. The number of rotatable bonds is 4. The van der Waals surface area contributed by atoms with Gasteiger partial charge in [-0.3, -0.25) is 4.79 Å². The summed E-state index contributed by atoms with van der Waals surface area (Å²) >= 11 is 0. The van der Waals surface area contributed by atoms with E-state index in [0.29, 0.717) is 11.6 Å². The number of piperidine rings is 1. The van der Waals surface area contributed by atoms with Crippen molar-refractivity contribution in [1.29, 1.82) is 0 Å². The first-order chi connectivity index (χ1) is 11.2. The maximum absolute atomic E-state index is 12.2. The summed E-state index contributed by atoms with van der Waals surface area (Å²) in [6, 6.07) is 11.4. The molecule has 0 bridgehead atoms. The largest absolute Gasteiger partial charge is 0.439 e. The second kappa shape index (κ2) is 10.2. The summed E-state index contributed by atoms with van der Waals surface area (Å²) < 4.78 is 5.68. The molecular weight excluding hydrogens is 361 g/mol. The van der Waals surface area contributed by atoms with Crippen LogP contribution in [0.5, 0.6) is 11.6 Å². The Kier molecular flexibility index (Phi) is 8.69. The smallest absolute Gasteiger partial charge is 0.228 e. The molecule has 0 radical (unpaired) electrons. The number of aryl methyl sites for hydroxylation is 1. The van der Waals surface area contributed by atoms with E-state index < -0.39 is 0 Å². The Balaban J connectivity index is 0.00000156. The van der Waals surface area contributed by atoms with Gasteiger partial charge in [0, 0.05) is 12.6 Å². The second-order valence-corrected chi connectivity index (χ2v) is 5.83. The van der Waals surface area contributed by atoms with Crippen molar-refractivity contribution in [1.82, 2.24) is 10.3 Å². The number of benzene rings is 1. The van der Waals surface area contributed by atoms with Crippen LogP contribution in [0.1, 0.15) is 18.4 Å². The number of hydrogen-bond donors (Lipinski definition) is 2. The fraction of sp³-hybridized carbons (Fsp3) is 0.333. The molecule has 1 saturated heterocycles. The number of amides is 1. The highest BCUT2D eigenvalue weighted by molar-refractivity contribution is 5.92. The Morgan fingerprint density at radius 3 is 2.56 bits per heavy atom. The number of halogens is 2. The Hall–Kier alpha value is -1.82. The van der Waals surface area contributed by atoms with Crippen molar-refractivity contribution < 1.29 is 9.53 Å². The van der Waals surface area contributed by atoms with Gasteiger partial charge in [0.05, 0.1) is 17.8 Å². The average Bonchev–Trinajstić information content (AvgIpc) is 2.59. The van der Waals surface area contributed by atoms with E-state index in [0.717, 1.165) is 31.7 Å². The summed E-state index contributed by atoms with van der Waals surface area (Å²) in [7, 11) is 0. The number of nitrogens with zero attached hydrogens (tertiary/aromatic N) is 1. The second-order valence-electron chi connectivity index (χ2n) is 5.83. The highest BCUT2D eigenvalue weighted by atomic mass is 35.5. The predicted molar refractivity (Wildman–Crippen MR) is 104 cm³/mol. The number of nitrogens with one attached hydrogen (secondary N) is 2. The fourth-order valence-electron chi connectivity index (χ4n) is 2.56. The third-order valence-corrected chi connectivity index (χ3v) is 3.91. The van der Waals surface area contributed by atoms with E-state index in [-0.39, 0.29) is 36.6 Å². The fourth-order valence-corrected chi connectivity index (χ4v) is 2.56. The van der Waals surface area contributed by atoms with Gasteiger partial charge in [0.1, 0.15) is 5.75 Å². The van der Waals surface area contributed by atoms with Gasteiger partial charge in [0.15, 0.2) is 0 Å². The normalized spacial score (nSPS) is 16.1. The minimum absolute atomic E-state index is 0. The van der Waals surface area contributed by atoms with Crippen LogP contribution < -0.4 is 15.4 Å². The van der Waals surface area contributed by atoms with E-state index in [1.807, 2.05) is 37.3 Å². The SMILES string of the molecule is Cc1ccc(Oc2ccc(NC(=O)C3CCCNC3)cn2)cc1.Cl.Cl. The molecule has 2 N–H and O–H groups in total. The van der Waals surface area contributed by atoms with Crippen molar-refractivity contribution in [3.63, 3.8) is 0 Å². The third-order valence-electron chi connectivity index (χ3n) is 3.91. The molecule has 1 aliphatic rings. The van der Waals surface area contributed by atoms with E-state index in [4.69, 9.17) is 4.74 Å². The van der Waals surface area contributed by atoms with Crippen molar-refractivity contribution in [2.24, 2.45) is 5.92 Å². The Morgan fingerprint density at radius 2 is 1.96 bits per heavy atom. The first kappa shape index (κ1) is 21.2. The van der Waals surface area contributed by atoms with Crippen LogP contribution in [0.25, 0.3) is 0 Å². The minimum atomic E-state index is 0. The topological polar surface area (TPSA) is 63.2 Å². The van der Waals surface area contributed by atoms with Crippen molar-refractivity contribution in [3.05, 3.63) is 48.2 Å².